The Bertz CT molecular complexity index is 468. The maximum absolute atomic E-state index is 11.2. The van der Waals surface area contributed by atoms with Crippen LogP contribution in [0.1, 0.15) is 31.0 Å². The van der Waals surface area contributed by atoms with E-state index in [1.807, 2.05) is 0 Å². The molecule has 0 atom stereocenters. The second-order valence-electron chi connectivity index (χ2n) is 4.78. The fourth-order valence-corrected chi connectivity index (χ4v) is 2.33. The molecule has 0 bridgehead atoms. The van der Waals surface area contributed by atoms with Gasteiger partial charge in [-0.05, 0) is 32.7 Å². The standard InChI is InChI=1S/C12H20N4O4/c1-9-11(16(17)18)12(20-6-2-5-13)14-15(9)10-3-7-19-8-4-10/h10H,2-8,13H2,1H3. The van der Waals surface area contributed by atoms with Gasteiger partial charge in [-0.25, -0.2) is 0 Å². The molecule has 0 saturated carbocycles. The third kappa shape index (κ3) is 3.07. The number of ether oxygens (including phenoxy) is 2. The van der Waals surface area contributed by atoms with Crippen LogP contribution in [-0.2, 0) is 4.74 Å². The van der Waals surface area contributed by atoms with Gasteiger partial charge < -0.3 is 15.2 Å². The summed E-state index contributed by atoms with van der Waals surface area (Å²) in [6.45, 7) is 3.83. The highest BCUT2D eigenvalue weighted by molar-refractivity contribution is 5.45. The zero-order valence-electron chi connectivity index (χ0n) is 11.6. The SMILES string of the molecule is Cc1c([N+](=O)[O-])c(OCCCN)nn1C1CCOCC1. The zero-order valence-corrected chi connectivity index (χ0v) is 11.6. The molecule has 2 heterocycles. The maximum atomic E-state index is 11.2. The number of nitrogens with zero attached hydrogens (tertiary/aromatic N) is 3. The molecule has 0 aliphatic carbocycles. The quantitative estimate of drug-likeness (QED) is 0.477. The van der Waals surface area contributed by atoms with Crippen molar-refractivity contribution in [3.8, 4) is 5.88 Å². The number of nitro groups is 1. The first-order valence-corrected chi connectivity index (χ1v) is 6.79. The summed E-state index contributed by atoms with van der Waals surface area (Å²) in [5.41, 5.74) is 5.87. The summed E-state index contributed by atoms with van der Waals surface area (Å²) in [6, 6.07) is 0.134. The Labute approximate surface area is 117 Å². The van der Waals surface area contributed by atoms with E-state index >= 15 is 0 Å². The van der Waals surface area contributed by atoms with Crippen LogP contribution in [0.25, 0.3) is 0 Å². The second-order valence-corrected chi connectivity index (χ2v) is 4.78. The van der Waals surface area contributed by atoms with Crippen molar-refractivity contribution >= 4 is 5.69 Å². The second kappa shape index (κ2) is 6.67. The van der Waals surface area contributed by atoms with Crippen LogP contribution in [0.4, 0.5) is 5.69 Å². The number of hydrogen-bond acceptors (Lipinski definition) is 6. The topological polar surface area (TPSA) is 105 Å². The molecule has 1 saturated heterocycles. The molecular weight excluding hydrogens is 264 g/mol. The van der Waals surface area contributed by atoms with Crippen LogP contribution < -0.4 is 10.5 Å². The average Bonchev–Trinajstić information content (AvgIpc) is 2.77. The molecule has 0 unspecified atom stereocenters. The molecule has 20 heavy (non-hydrogen) atoms. The smallest absolute Gasteiger partial charge is 0.352 e. The van der Waals surface area contributed by atoms with Crippen molar-refractivity contribution in [2.75, 3.05) is 26.4 Å². The highest BCUT2D eigenvalue weighted by Crippen LogP contribution is 2.33. The van der Waals surface area contributed by atoms with Gasteiger partial charge in [0.05, 0.1) is 17.6 Å². The maximum Gasteiger partial charge on any atom is 0.352 e. The Morgan fingerprint density at radius 1 is 1.55 bits per heavy atom. The third-order valence-electron chi connectivity index (χ3n) is 3.39. The molecular formula is C12H20N4O4. The van der Waals surface area contributed by atoms with Crippen molar-refractivity contribution in [3.63, 3.8) is 0 Å². The van der Waals surface area contributed by atoms with Crippen molar-refractivity contribution in [1.29, 1.82) is 0 Å². The Balaban J connectivity index is 2.23. The lowest BCUT2D eigenvalue weighted by Crippen LogP contribution is -2.21. The molecule has 0 amide bonds. The summed E-state index contributed by atoms with van der Waals surface area (Å²) >= 11 is 0. The largest absolute Gasteiger partial charge is 0.472 e. The Morgan fingerprint density at radius 3 is 2.85 bits per heavy atom. The molecule has 8 nitrogen and oxygen atoms in total. The zero-order chi connectivity index (χ0) is 14.5. The molecule has 0 radical (unpaired) electrons. The molecule has 1 fully saturated rings. The molecule has 8 heteroatoms. The van der Waals surface area contributed by atoms with Crippen molar-refractivity contribution in [3.05, 3.63) is 15.8 Å². The van der Waals surface area contributed by atoms with E-state index in [0.29, 0.717) is 38.5 Å². The van der Waals surface area contributed by atoms with Crippen molar-refractivity contribution < 1.29 is 14.4 Å². The average molecular weight is 284 g/mol. The number of rotatable bonds is 6. The fraction of sp³-hybridized carbons (Fsp3) is 0.750. The van der Waals surface area contributed by atoms with Crippen LogP contribution in [0.5, 0.6) is 5.88 Å². The number of nitrogens with two attached hydrogens (primary N) is 1. The van der Waals surface area contributed by atoms with Gasteiger partial charge in [0, 0.05) is 13.2 Å². The minimum atomic E-state index is -0.435. The molecule has 1 aliphatic heterocycles. The first kappa shape index (κ1) is 14.7. The molecule has 0 spiro atoms. The fourth-order valence-electron chi connectivity index (χ4n) is 2.33. The van der Waals surface area contributed by atoms with E-state index < -0.39 is 4.92 Å². The van der Waals surface area contributed by atoms with Crippen molar-refractivity contribution in [2.24, 2.45) is 5.73 Å². The van der Waals surface area contributed by atoms with Gasteiger partial charge in [0.25, 0.3) is 0 Å². The summed E-state index contributed by atoms with van der Waals surface area (Å²) in [6.07, 6.45) is 2.25. The van der Waals surface area contributed by atoms with Crippen LogP contribution in [-0.4, -0.2) is 41.1 Å². The summed E-state index contributed by atoms with van der Waals surface area (Å²) in [7, 11) is 0. The molecule has 0 aromatic carbocycles. The van der Waals surface area contributed by atoms with E-state index in [0.717, 1.165) is 12.8 Å². The number of aromatic nitrogens is 2. The lowest BCUT2D eigenvalue weighted by Gasteiger charge is -2.22. The number of hydrogen-bond donors (Lipinski definition) is 1. The summed E-state index contributed by atoms with van der Waals surface area (Å²) in [5.74, 6) is 0.0902. The van der Waals surface area contributed by atoms with Gasteiger partial charge in [-0.15, -0.1) is 5.10 Å². The minimum Gasteiger partial charge on any atom is -0.472 e. The third-order valence-corrected chi connectivity index (χ3v) is 3.39. The van der Waals surface area contributed by atoms with Gasteiger partial charge in [0.1, 0.15) is 5.69 Å². The molecule has 112 valence electrons. The van der Waals surface area contributed by atoms with Gasteiger partial charge in [-0.1, -0.05) is 0 Å². The minimum absolute atomic E-state index is 0.0477. The highest BCUT2D eigenvalue weighted by atomic mass is 16.6. The Hall–Kier alpha value is -1.67. The first-order valence-electron chi connectivity index (χ1n) is 6.79. The van der Waals surface area contributed by atoms with Crippen LogP contribution in [0.3, 0.4) is 0 Å². The molecule has 2 rings (SSSR count). The predicted molar refractivity (Wildman–Crippen MR) is 71.9 cm³/mol. The predicted octanol–water partition coefficient (Wildman–Crippen LogP) is 1.18. The van der Waals surface area contributed by atoms with Gasteiger partial charge in [0.15, 0.2) is 0 Å². The van der Waals surface area contributed by atoms with Crippen molar-refractivity contribution in [1.82, 2.24) is 9.78 Å². The van der Waals surface area contributed by atoms with Crippen LogP contribution >= 0.6 is 0 Å². The van der Waals surface area contributed by atoms with E-state index in [4.69, 9.17) is 15.2 Å². The van der Waals surface area contributed by atoms with Gasteiger partial charge in [0.2, 0.25) is 0 Å². The van der Waals surface area contributed by atoms with Crippen LogP contribution in [0.2, 0.25) is 0 Å². The molecule has 2 N–H and O–H groups in total. The van der Waals surface area contributed by atoms with E-state index in [2.05, 4.69) is 5.10 Å². The van der Waals surface area contributed by atoms with Gasteiger partial charge in [-0.3, -0.25) is 14.8 Å². The lowest BCUT2D eigenvalue weighted by atomic mass is 10.1. The van der Waals surface area contributed by atoms with Gasteiger partial charge in [-0.2, -0.15) is 0 Å². The molecule has 1 aromatic rings. The summed E-state index contributed by atoms with van der Waals surface area (Å²) in [4.78, 5) is 10.8. The summed E-state index contributed by atoms with van der Waals surface area (Å²) < 4.78 is 12.4. The molecule has 1 aromatic heterocycles. The molecule has 1 aliphatic rings. The van der Waals surface area contributed by atoms with E-state index in [-0.39, 0.29) is 17.6 Å². The van der Waals surface area contributed by atoms with E-state index in [1.165, 1.54) is 0 Å². The van der Waals surface area contributed by atoms with Gasteiger partial charge >= 0.3 is 11.6 Å². The first-order chi connectivity index (χ1) is 9.65. The van der Waals surface area contributed by atoms with Crippen LogP contribution in [0.15, 0.2) is 0 Å². The highest BCUT2D eigenvalue weighted by Gasteiger charge is 2.30. The van der Waals surface area contributed by atoms with E-state index in [1.54, 1.807) is 11.6 Å². The van der Waals surface area contributed by atoms with E-state index in [9.17, 15) is 10.1 Å². The van der Waals surface area contributed by atoms with Crippen LogP contribution in [0, 0.1) is 17.0 Å². The lowest BCUT2D eigenvalue weighted by molar-refractivity contribution is -0.386. The Kier molecular flexibility index (Phi) is 4.91. The normalized spacial score (nSPS) is 16.3. The Morgan fingerprint density at radius 2 is 2.25 bits per heavy atom. The van der Waals surface area contributed by atoms with Crippen molar-refractivity contribution in [2.45, 2.75) is 32.2 Å². The summed E-state index contributed by atoms with van der Waals surface area (Å²) in [5, 5.41) is 15.5. The monoisotopic (exact) mass is 284 g/mol.